The van der Waals surface area contributed by atoms with E-state index in [2.05, 4.69) is 31.9 Å². The smallest absolute Gasteiger partial charge is 0.0956 e. The molecule has 0 aromatic heterocycles. The Morgan fingerprint density at radius 2 is 2.00 bits per heavy atom. The predicted molar refractivity (Wildman–Crippen MR) is 42.6 cm³/mol. The summed E-state index contributed by atoms with van der Waals surface area (Å²) in [5.74, 6) is 0. The molecule has 0 rings (SSSR count). The molecule has 0 radical (unpaired) electrons. The fourth-order valence-corrected chi connectivity index (χ4v) is 0.950. The lowest BCUT2D eigenvalue weighted by Crippen LogP contribution is -2.13. The topological polar surface area (TPSA) is 20.2 Å². The standard InChI is InChI=1S/C5H10Br2O/c1-2-3-4(8)5(6)7/h4-5,8H,2-3H2,1H3. The van der Waals surface area contributed by atoms with Crippen molar-refractivity contribution in [1.29, 1.82) is 0 Å². The zero-order chi connectivity index (χ0) is 6.57. The van der Waals surface area contributed by atoms with Crippen molar-refractivity contribution in [2.75, 3.05) is 0 Å². The SMILES string of the molecule is CCCC(O)C(Br)Br. The fourth-order valence-electron chi connectivity index (χ4n) is 0.422. The Morgan fingerprint density at radius 3 is 2.12 bits per heavy atom. The summed E-state index contributed by atoms with van der Waals surface area (Å²) in [6, 6.07) is 0. The lowest BCUT2D eigenvalue weighted by Gasteiger charge is -2.08. The Kier molecular flexibility index (Phi) is 5.31. The van der Waals surface area contributed by atoms with E-state index in [4.69, 9.17) is 5.11 Å². The first kappa shape index (κ1) is 8.92. The minimum atomic E-state index is -0.250. The number of hydrogen-bond acceptors (Lipinski definition) is 1. The largest absolute Gasteiger partial charge is 0.391 e. The van der Waals surface area contributed by atoms with Crippen molar-refractivity contribution in [3.8, 4) is 0 Å². The van der Waals surface area contributed by atoms with Crippen LogP contribution in [0.15, 0.2) is 0 Å². The van der Waals surface area contributed by atoms with Crippen LogP contribution >= 0.6 is 31.9 Å². The van der Waals surface area contributed by atoms with Gasteiger partial charge in [-0.25, -0.2) is 0 Å². The van der Waals surface area contributed by atoms with Gasteiger partial charge in [-0.15, -0.1) is 0 Å². The van der Waals surface area contributed by atoms with Crippen LogP contribution in [-0.4, -0.2) is 14.9 Å². The molecule has 8 heavy (non-hydrogen) atoms. The van der Waals surface area contributed by atoms with E-state index in [1.54, 1.807) is 0 Å². The normalized spacial score (nSPS) is 14.6. The lowest BCUT2D eigenvalue weighted by molar-refractivity contribution is 0.183. The fraction of sp³-hybridized carbons (Fsp3) is 1.00. The van der Waals surface area contributed by atoms with Crippen molar-refractivity contribution in [2.24, 2.45) is 0 Å². The molecular weight excluding hydrogens is 236 g/mol. The van der Waals surface area contributed by atoms with Crippen molar-refractivity contribution in [1.82, 2.24) is 0 Å². The van der Waals surface area contributed by atoms with Gasteiger partial charge in [-0.05, 0) is 6.42 Å². The Morgan fingerprint density at radius 1 is 1.50 bits per heavy atom. The van der Waals surface area contributed by atoms with E-state index in [-0.39, 0.29) is 9.84 Å². The zero-order valence-electron chi connectivity index (χ0n) is 4.77. The second-order valence-corrected chi connectivity index (χ2v) is 4.89. The molecule has 0 bridgehead atoms. The van der Waals surface area contributed by atoms with E-state index in [1.807, 2.05) is 6.92 Å². The number of halogens is 2. The molecule has 50 valence electrons. The van der Waals surface area contributed by atoms with Gasteiger partial charge in [0.15, 0.2) is 0 Å². The first-order valence-electron chi connectivity index (χ1n) is 2.64. The highest BCUT2D eigenvalue weighted by Gasteiger charge is 2.09. The molecule has 1 unspecified atom stereocenters. The molecule has 3 heteroatoms. The van der Waals surface area contributed by atoms with E-state index >= 15 is 0 Å². The summed E-state index contributed by atoms with van der Waals surface area (Å²) < 4.78 is 0.0509. The highest BCUT2D eigenvalue weighted by atomic mass is 79.9. The molecule has 0 saturated heterocycles. The Bertz CT molecular complexity index is 56.4. The molecular formula is C5H10Br2O. The first-order chi connectivity index (χ1) is 3.68. The Balaban J connectivity index is 3.17. The number of aliphatic hydroxyl groups excluding tert-OH is 1. The van der Waals surface area contributed by atoms with Crippen LogP contribution in [0, 0.1) is 0 Å². The monoisotopic (exact) mass is 244 g/mol. The average Bonchev–Trinajstić information content (AvgIpc) is 1.67. The molecule has 0 aromatic carbocycles. The van der Waals surface area contributed by atoms with Crippen LogP contribution in [0.4, 0.5) is 0 Å². The summed E-state index contributed by atoms with van der Waals surface area (Å²) in [4.78, 5) is 0. The summed E-state index contributed by atoms with van der Waals surface area (Å²) in [6.07, 6.45) is 1.62. The van der Waals surface area contributed by atoms with Crippen molar-refractivity contribution < 1.29 is 5.11 Å². The molecule has 1 nitrogen and oxygen atoms in total. The van der Waals surface area contributed by atoms with Gasteiger partial charge in [0.05, 0.1) is 9.84 Å². The first-order valence-corrected chi connectivity index (χ1v) is 4.47. The average molecular weight is 246 g/mol. The number of hydrogen-bond donors (Lipinski definition) is 1. The lowest BCUT2D eigenvalue weighted by atomic mass is 10.2. The van der Waals surface area contributed by atoms with Gasteiger partial charge in [0.25, 0.3) is 0 Å². The van der Waals surface area contributed by atoms with Crippen LogP contribution in [0.5, 0.6) is 0 Å². The summed E-state index contributed by atoms with van der Waals surface area (Å²) in [5.41, 5.74) is 0. The second kappa shape index (κ2) is 4.77. The molecule has 1 atom stereocenters. The highest BCUT2D eigenvalue weighted by Crippen LogP contribution is 2.16. The van der Waals surface area contributed by atoms with Gasteiger partial charge < -0.3 is 5.11 Å². The van der Waals surface area contributed by atoms with Crippen LogP contribution in [0.2, 0.25) is 0 Å². The van der Waals surface area contributed by atoms with Crippen molar-refractivity contribution >= 4 is 31.9 Å². The molecule has 0 saturated carbocycles. The van der Waals surface area contributed by atoms with Crippen LogP contribution in [0.3, 0.4) is 0 Å². The number of alkyl halides is 2. The van der Waals surface area contributed by atoms with Crippen molar-refractivity contribution in [3.63, 3.8) is 0 Å². The summed E-state index contributed by atoms with van der Waals surface area (Å²) >= 11 is 6.41. The van der Waals surface area contributed by atoms with Gasteiger partial charge >= 0.3 is 0 Å². The molecule has 0 amide bonds. The molecule has 0 aromatic rings. The van der Waals surface area contributed by atoms with Gasteiger partial charge in [-0.2, -0.15) is 0 Å². The van der Waals surface area contributed by atoms with Crippen LogP contribution in [0.1, 0.15) is 19.8 Å². The second-order valence-electron chi connectivity index (χ2n) is 1.69. The maximum absolute atomic E-state index is 9.03. The van der Waals surface area contributed by atoms with E-state index in [0.29, 0.717) is 0 Å². The third-order valence-electron chi connectivity index (χ3n) is 0.875. The highest BCUT2D eigenvalue weighted by molar-refractivity contribution is 9.24. The Hall–Kier alpha value is 0.920. The maximum Gasteiger partial charge on any atom is 0.0956 e. The van der Waals surface area contributed by atoms with Gasteiger partial charge in [-0.3, -0.25) is 0 Å². The zero-order valence-corrected chi connectivity index (χ0v) is 7.94. The molecule has 0 aliphatic heterocycles. The maximum atomic E-state index is 9.03. The molecule has 0 heterocycles. The molecule has 0 aliphatic carbocycles. The number of aliphatic hydroxyl groups is 1. The molecule has 0 spiro atoms. The minimum Gasteiger partial charge on any atom is -0.391 e. The van der Waals surface area contributed by atoms with Crippen molar-refractivity contribution in [2.45, 2.75) is 29.6 Å². The van der Waals surface area contributed by atoms with Gasteiger partial charge in [0.1, 0.15) is 0 Å². The van der Waals surface area contributed by atoms with E-state index in [1.165, 1.54) is 0 Å². The predicted octanol–water partition coefficient (Wildman–Crippen LogP) is 2.26. The summed E-state index contributed by atoms with van der Waals surface area (Å²) in [6.45, 7) is 2.05. The molecule has 0 aliphatic rings. The third-order valence-corrected chi connectivity index (χ3v) is 2.10. The third kappa shape index (κ3) is 3.87. The minimum absolute atomic E-state index is 0.0509. The summed E-state index contributed by atoms with van der Waals surface area (Å²) in [5, 5.41) is 9.03. The quantitative estimate of drug-likeness (QED) is 0.757. The van der Waals surface area contributed by atoms with Crippen LogP contribution < -0.4 is 0 Å². The van der Waals surface area contributed by atoms with Crippen molar-refractivity contribution in [3.05, 3.63) is 0 Å². The molecule has 1 N–H and O–H groups in total. The Labute approximate surface area is 66.7 Å². The van der Waals surface area contributed by atoms with E-state index in [0.717, 1.165) is 12.8 Å². The van der Waals surface area contributed by atoms with Gasteiger partial charge in [0, 0.05) is 0 Å². The number of rotatable bonds is 3. The van der Waals surface area contributed by atoms with Crippen LogP contribution in [-0.2, 0) is 0 Å². The molecule has 0 fully saturated rings. The summed E-state index contributed by atoms with van der Waals surface area (Å²) in [7, 11) is 0. The van der Waals surface area contributed by atoms with Gasteiger partial charge in [-0.1, -0.05) is 45.2 Å². The van der Waals surface area contributed by atoms with Gasteiger partial charge in [0.2, 0.25) is 0 Å². The van der Waals surface area contributed by atoms with Crippen LogP contribution in [0.25, 0.3) is 0 Å². The van der Waals surface area contributed by atoms with E-state index < -0.39 is 0 Å². The van der Waals surface area contributed by atoms with E-state index in [9.17, 15) is 0 Å².